The molecule has 4 N–H and O–H groups in total. The molecular weight excluding hydrogens is 180 g/mol. The molecule has 2 atom stereocenters. The van der Waals surface area contributed by atoms with Crippen LogP contribution < -0.4 is 11.1 Å². The molecule has 0 aromatic heterocycles. The summed E-state index contributed by atoms with van der Waals surface area (Å²) in [6.07, 6.45) is 1.06. The van der Waals surface area contributed by atoms with Crippen molar-refractivity contribution in [2.45, 2.75) is 45.7 Å². The molecule has 14 heavy (non-hydrogen) atoms. The lowest BCUT2D eigenvalue weighted by Gasteiger charge is -2.18. The van der Waals surface area contributed by atoms with E-state index in [2.05, 4.69) is 5.32 Å². The van der Waals surface area contributed by atoms with Gasteiger partial charge >= 0.3 is 0 Å². The van der Waals surface area contributed by atoms with E-state index in [0.29, 0.717) is 12.3 Å². The summed E-state index contributed by atoms with van der Waals surface area (Å²) in [5.41, 5.74) is 5.75. The number of nitrogens with one attached hydrogen (secondary N) is 1. The van der Waals surface area contributed by atoms with Crippen LogP contribution in [0.2, 0.25) is 0 Å². The smallest absolute Gasteiger partial charge is 0.221 e. The molecule has 0 bridgehead atoms. The van der Waals surface area contributed by atoms with Crippen LogP contribution in [0.25, 0.3) is 0 Å². The molecule has 0 fully saturated rings. The first-order valence-corrected chi connectivity index (χ1v) is 5.17. The number of hydrogen-bond donors (Lipinski definition) is 3. The number of aliphatic hydroxyl groups excluding tert-OH is 1. The van der Waals surface area contributed by atoms with E-state index in [9.17, 15) is 4.79 Å². The van der Waals surface area contributed by atoms with Crippen molar-refractivity contribution in [1.82, 2.24) is 5.32 Å². The minimum atomic E-state index is -0.137. The van der Waals surface area contributed by atoms with Crippen LogP contribution in [0.3, 0.4) is 0 Å². The van der Waals surface area contributed by atoms with E-state index in [0.717, 1.165) is 6.42 Å². The molecule has 0 aliphatic carbocycles. The van der Waals surface area contributed by atoms with Crippen LogP contribution in [-0.4, -0.2) is 29.7 Å². The summed E-state index contributed by atoms with van der Waals surface area (Å²) in [6, 6.07) is -0.243. The Labute approximate surface area is 85.9 Å². The molecule has 0 aromatic rings. The third-order valence-corrected chi connectivity index (χ3v) is 2.36. The maximum atomic E-state index is 11.4. The lowest BCUT2D eigenvalue weighted by atomic mass is 10.0. The standard InChI is InChI=1S/C10H22N2O2/c1-4-8(6-13)12-10(14)5-9(11)7(2)3/h7-9,13H,4-6,11H2,1-3H3,(H,12,14)/t8-,9?/m0/s1. The zero-order chi connectivity index (χ0) is 11.1. The third kappa shape index (κ3) is 5.19. The molecule has 0 radical (unpaired) electrons. The van der Waals surface area contributed by atoms with Crippen molar-refractivity contribution in [1.29, 1.82) is 0 Å². The molecule has 0 spiro atoms. The molecule has 1 amide bonds. The number of amides is 1. The molecule has 0 saturated carbocycles. The monoisotopic (exact) mass is 202 g/mol. The largest absolute Gasteiger partial charge is 0.394 e. The van der Waals surface area contributed by atoms with Gasteiger partial charge in [0.1, 0.15) is 0 Å². The highest BCUT2D eigenvalue weighted by molar-refractivity contribution is 5.76. The van der Waals surface area contributed by atoms with Crippen LogP contribution >= 0.6 is 0 Å². The average Bonchev–Trinajstić information content (AvgIpc) is 2.13. The van der Waals surface area contributed by atoms with Crippen molar-refractivity contribution in [3.05, 3.63) is 0 Å². The molecule has 4 nitrogen and oxygen atoms in total. The first-order chi connectivity index (χ1) is 6.51. The second-order valence-electron chi connectivity index (χ2n) is 3.97. The number of hydrogen-bond acceptors (Lipinski definition) is 3. The molecular formula is C10H22N2O2. The summed E-state index contributed by atoms with van der Waals surface area (Å²) in [6.45, 7) is 5.88. The van der Waals surface area contributed by atoms with Gasteiger partial charge in [0.15, 0.2) is 0 Å². The maximum Gasteiger partial charge on any atom is 0.221 e. The fourth-order valence-electron chi connectivity index (χ4n) is 1.01. The SMILES string of the molecule is CC[C@@H](CO)NC(=O)CC(N)C(C)C. The number of carbonyl (C=O) groups excluding carboxylic acids is 1. The number of nitrogens with two attached hydrogens (primary N) is 1. The van der Waals surface area contributed by atoms with Crippen LogP contribution in [-0.2, 0) is 4.79 Å². The highest BCUT2D eigenvalue weighted by Gasteiger charge is 2.15. The van der Waals surface area contributed by atoms with Gasteiger partial charge < -0.3 is 16.2 Å². The Morgan fingerprint density at radius 1 is 1.50 bits per heavy atom. The van der Waals surface area contributed by atoms with Crippen LogP contribution in [0.1, 0.15) is 33.6 Å². The molecule has 0 heterocycles. The maximum absolute atomic E-state index is 11.4. The van der Waals surface area contributed by atoms with Gasteiger partial charge in [-0.1, -0.05) is 20.8 Å². The number of aliphatic hydroxyl groups is 1. The summed E-state index contributed by atoms with van der Waals surface area (Å²) >= 11 is 0. The molecule has 4 heteroatoms. The molecule has 0 aliphatic rings. The fraction of sp³-hybridized carbons (Fsp3) is 0.900. The zero-order valence-corrected chi connectivity index (χ0v) is 9.29. The van der Waals surface area contributed by atoms with E-state index in [1.165, 1.54) is 0 Å². The lowest BCUT2D eigenvalue weighted by Crippen LogP contribution is -2.41. The number of rotatable bonds is 6. The highest BCUT2D eigenvalue weighted by atomic mass is 16.3. The van der Waals surface area contributed by atoms with Crippen molar-refractivity contribution in [3.8, 4) is 0 Å². The number of carbonyl (C=O) groups is 1. The zero-order valence-electron chi connectivity index (χ0n) is 9.29. The van der Waals surface area contributed by atoms with E-state index in [1.54, 1.807) is 0 Å². The molecule has 1 unspecified atom stereocenters. The van der Waals surface area contributed by atoms with E-state index in [1.807, 2.05) is 20.8 Å². The summed E-state index contributed by atoms with van der Waals surface area (Å²) in [4.78, 5) is 11.4. The van der Waals surface area contributed by atoms with Gasteiger partial charge in [0, 0.05) is 12.5 Å². The molecule has 0 saturated heterocycles. The van der Waals surface area contributed by atoms with Gasteiger partial charge in [-0.05, 0) is 12.3 Å². The van der Waals surface area contributed by atoms with Gasteiger partial charge in [-0.15, -0.1) is 0 Å². The minimum absolute atomic E-state index is 0.0147. The predicted molar refractivity (Wildman–Crippen MR) is 56.7 cm³/mol. The second-order valence-corrected chi connectivity index (χ2v) is 3.97. The van der Waals surface area contributed by atoms with Gasteiger partial charge in [-0.2, -0.15) is 0 Å². The lowest BCUT2D eigenvalue weighted by molar-refractivity contribution is -0.122. The van der Waals surface area contributed by atoms with E-state index >= 15 is 0 Å². The van der Waals surface area contributed by atoms with E-state index in [4.69, 9.17) is 10.8 Å². The second kappa shape index (κ2) is 6.79. The van der Waals surface area contributed by atoms with Gasteiger partial charge in [0.25, 0.3) is 0 Å². The molecule has 84 valence electrons. The molecule has 0 aliphatic heterocycles. The third-order valence-electron chi connectivity index (χ3n) is 2.36. The summed E-state index contributed by atoms with van der Waals surface area (Å²) in [5, 5.41) is 11.6. The average molecular weight is 202 g/mol. The fourth-order valence-corrected chi connectivity index (χ4v) is 1.01. The van der Waals surface area contributed by atoms with Crippen LogP contribution in [0.5, 0.6) is 0 Å². The first kappa shape index (κ1) is 13.4. The predicted octanol–water partition coefficient (Wildman–Crippen LogP) is 0.247. The summed E-state index contributed by atoms with van der Waals surface area (Å²) in [7, 11) is 0. The molecule has 0 rings (SSSR count). The molecule has 0 aromatic carbocycles. The van der Waals surface area contributed by atoms with Crippen LogP contribution in [0.15, 0.2) is 0 Å². The van der Waals surface area contributed by atoms with Crippen molar-refractivity contribution in [2.24, 2.45) is 11.7 Å². The van der Waals surface area contributed by atoms with Crippen LogP contribution in [0.4, 0.5) is 0 Å². The van der Waals surface area contributed by atoms with E-state index < -0.39 is 0 Å². The Hall–Kier alpha value is -0.610. The normalized spacial score (nSPS) is 15.3. The van der Waals surface area contributed by atoms with Crippen molar-refractivity contribution >= 4 is 5.91 Å². The van der Waals surface area contributed by atoms with E-state index in [-0.39, 0.29) is 24.6 Å². The quantitative estimate of drug-likeness (QED) is 0.578. The Morgan fingerprint density at radius 2 is 2.07 bits per heavy atom. The Kier molecular flexibility index (Phi) is 6.49. The Bertz CT molecular complexity index is 162. The summed E-state index contributed by atoms with van der Waals surface area (Å²) in [5.74, 6) is 0.224. The van der Waals surface area contributed by atoms with Crippen LogP contribution in [0, 0.1) is 5.92 Å². The Morgan fingerprint density at radius 3 is 2.43 bits per heavy atom. The van der Waals surface area contributed by atoms with Gasteiger partial charge in [-0.25, -0.2) is 0 Å². The van der Waals surface area contributed by atoms with Crippen molar-refractivity contribution < 1.29 is 9.90 Å². The Balaban J connectivity index is 3.85. The first-order valence-electron chi connectivity index (χ1n) is 5.17. The van der Waals surface area contributed by atoms with Crippen molar-refractivity contribution in [3.63, 3.8) is 0 Å². The van der Waals surface area contributed by atoms with Gasteiger partial charge in [-0.3, -0.25) is 4.79 Å². The summed E-state index contributed by atoms with van der Waals surface area (Å²) < 4.78 is 0. The van der Waals surface area contributed by atoms with Gasteiger partial charge in [0.2, 0.25) is 5.91 Å². The minimum Gasteiger partial charge on any atom is -0.394 e. The van der Waals surface area contributed by atoms with Crippen molar-refractivity contribution in [2.75, 3.05) is 6.61 Å². The highest BCUT2D eigenvalue weighted by Crippen LogP contribution is 2.03. The topological polar surface area (TPSA) is 75.3 Å². The van der Waals surface area contributed by atoms with Gasteiger partial charge in [0.05, 0.1) is 12.6 Å².